The number of piperazine rings is 2. The molecular formula is C52H62FN13O6. The van der Waals surface area contributed by atoms with Gasteiger partial charge >= 0.3 is 0 Å². The monoisotopic (exact) mass is 983 g/mol. The van der Waals surface area contributed by atoms with Gasteiger partial charge in [0.1, 0.15) is 12.1 Å². The number of benzene rings is 2. The molecule has 0 radical (unpaired) electrons. The number of nitrogens with zero attached hydrogens (tertiary/aromatic N) is 10. The highest BCUT2D eigenvalue weighted by Crippen LogP contribution is 2.40. The molecule has 1 spiro atoms. The van der Waals surface area contributed by atoms with Crippen LogP contribution in [0.15, 0.2) is 78.1 Å². The number of aromatic nitrogens is 5. The van der Waals surface area contributed by atoms with Crippen LogP contribution in [0.2, 0.25) is 0 Å². The SMILES string of the molecule is O=C(CNCc1ccncn1)Nc1cc(N2CCC3(CC2)COC3)cnc1C(=O)N1CCC(CN2CCN(CC(=O)N3CCN(C(=O)c4cc(Cc5n[nH]c(=O)c6ccccc56)ccc4F)CC3)CC2)CC1. The topological polar surface area (TPSA) is 205 Å². The minimum atomic E-state index is -0.611. The third-order valence-corrected chi connectivity index (χ3v) is 15.2. The lowest BCUT2D eigenvalue weighted by Gasteiger charge is -2.47. The number of carbonyl (C=O) groups is 4. The molecule has 4 amide bonds. The van der Waals surface area contributed by atoms with E-state index >= 15 is 4.39 Å². The molecule has 378 valence electrons. The van der Waals surface area contributed by atoms with E-state index in [9.17, 15) is 24.0 Å². The number of amides is 4. The second-order valence-corrected chi connectivity index (χ2v) is 19.9. The number of halogens is 1. The standard InChI is InChI=1S/C52H62FN13O6/c53-43-6-5-37(26-44-40-3-1-2-4-41(40)49(69)60-59-44)25-42(43)50(70)66-23-21-64(22-24-66)47(68)32-62-19-17-61(18-20-62)31-36-8-13-65(14-9-36)51(71)48-45(58-46(67)30-55-28-38-7-12-54-35-57-38)27-39(29-56-48)63-15-10-52(11-16-63)33-72-34-52/h1-7,12,25,27,29,35-36,55H,8-11,13-24,26,28,30-34H2,(H,58,67)(H,60,69). The highest BCUT2D eigenvalue weighted by atomic mass is 19.1. The molecule has 0 aliphatic carbocycles. The summed E-state index contributed by atoms with van der Waals surface area (Å²) in [5, 5.41) is 14.1. The molecule has 0 atom stereocenters. The van der Waals surface area contributed by atoms with Crippen molar-refractivity contribution >= 4 is 45.8 Å². The van der Waals surface area contributed by atoms with Crippen LogP contribution in [0, 0.1) is 17.2 Å². The van der Waals surface area contributed by atoms with Crippen LogP contribution in [0.4, 0.5) is 15.8 Å². The molecule has 5 saturated heterocycles. The Balaban J connectivity index is 0.665. The number of hydrogen-bond acceptors (Lipinski definition) is 14. The minimum Gasteiger partial charge on any atom is -0.380 e. The Morgan fingerprint density at radius 1 is 0.792 bits per heavy atom. The van der Waals surface area contributed by atoms with E-state index in [1.165, 1.54) is 12.4 Å². The molecule has 3 N–H and O–H groups in total. The van der Waals surface area contributed by atoms with Gasteiger partial charge in [-0.3, -0.25) is 28.9 Å². The molecular weight excluding hydrogens is 922 g/mol. The molecule has 0 unspecified atom stereocenters. The number of rotatable bonds is 14. The van der Waals surface area contributed by atoms with Crippen LogP contribution in [-0.4, -0.2) is 185 Å². The van der Waals surface area contributed by atoms with Crippen LogP contribution in [-0.2, 0) is 27.3 Å². The largest absolute Gasteiger partial charge is 0.380 e. The Kier molecular flexibility index (Phi) is 14.9. The first-order chi connectivity index (χ1) is 35.1. The lowest BCUT2D eigenvalue weighted by molar-refractivity contribution is -0.134. The van der Waals surface area contributed by atoms with E-state index in [0.29, 0.717) is 92.4 Å². The summed E-state index contributed by atoms with van der Waals surface area (Å²) >= 11 is 0. The van der Waals surface area contributed by atoms with Gasteiger partial charge < -0.3 is 39.9 Å². The first-order valence-corrected chi connectivity index (χ1v) is 25.2. The second kappa shape index (κ2) is 21.9. The number of nitrogens with one attached hydrogen (secondary N) is 3. The Morgan fingerprint density at radius 2 is 1.51 bits per heavy atom. The Labute approximate surface area is 417 Å². The maximum Gasteiger partial charge on any atom is 0.274 e. The summed E-state index contributed by atoms with van der Waals surface area (Å²) in [5.74, 6) is -1.05. The highest BCUT2D eigenvalue weighted by Gasteiger charge is 2.41. The van der Waals surface area contributed by atoms with Gasteiger partial charge in [-0.05, 0) is 67.5 Å². The molecule has 19 nitrogen and oxygen atoms in total. The molecule has 5 aliphatic heterocycles. The molecule has 8 heterocycles. The van der Waals surface area contributed by atoms with E-state index in [1.54, 1.807) is 52.5 Å². The number of piperidine rings is 2. The van der Waals surface area contributed by atoms with Gasteiger partial charge in [-0.1, -0.05) is 24.3 Å². The predicted octanol–water partition coefficient (Wildman–Crippen LogP) is 2.64. The molecule has 72 heavy (non-hydrogen) atoms. The smallest absolute Gasteiger partial charge is 0.274 e. The van der Waals surface area contributed by atoms with Crippen molar-refractivity contribution in [3.8, 4) is 0 Å². The molecule has 20 heteroatoms. The molecule has 2 aromatic carbocycles. The van der Waals surface area contributed by atoms with Crippen molar-refractivity contribution in [2.24, 2.45) is 11.3 Å². The van der Waals surface area contributed by atoms with Crippen LogP contribution in [0.3, 0.4) is 0 Å². The number of hydrogen-bond donors (Lipinski definition) is 3. The van der Waals surface area contributed by atoms with E-state index in [4.69, 9.17) is 9.72 Å². The average molecular weight is 984 g/mol. The number of ether oxygens (including phenoxy) is 1. The lowest BCUT2D eigenvalue weighted by atomic mass is 9.77. The number of anilines is 2. The van der Waals surface area contributed by atoms with Crippen LogP contribution in [0.5, 0.6) is 0 Å². The van der Waals surface area contributed by atoms with Gasteiger partial charge in [0.25, 0.3) is 17.4 Å². The van der Waals surface area contributed by atoms with Gasteiger partial charge in [0, 0.05) is 115 Å². The molecule has 5 aliphatic rings. The summed E-state index contributed by atoms with van der Waals surface area (Å²) in [4.78, 5) is 91.8. The highest BCUT2D eigenvalue weighted by molar-refractivity contribution is 6.03. The van der Waals surface area contributed by atoms with E-state index in [2.05, 4.69) is 45.5 Å². The number of carbonyl (C=O) groups excluding carboxylic acids is 4. The van der Waals surface area contributed by atoms with Gasteiger partial charge in [0.2, 0.25) is 11.8 Å². The first kappa shape index (κ1) is 48.9. The van der Waals surface area contributed by atoms with Crippen molar-refractivity contribution in [3.05, 3.63) is 118 Å². The maximum absolute atomic E-state index is 15.1. The molecule has 3 aromatic heterocycles. The van der Waals surface area contributed by atoms with Crippen LogP contribution in [0.25, 0.3) is 10.8 Å². The second-order valence-electron chi connectivity index (χ2n) is 19.9. The van der Waals surface area contributed by atoms with E-state index in [0.717, 1.165) is 96.1 Å². The summed E-state index contributed by atoms with van der Waals surface area (Å²) in [6.07, 6.45) is 8.96. The number of fused-ring (bicyclic) bond motifs is 1. The Morgan fingerprint density at radius 3 is 2.24 bits per heavy atom. The normalized spacial score (nSPS) is 18.8. The molecule has 10 rings (SSSR count). The van der Waals surface area contributed by atoms with Crippen molar-refractivity contribution < 1.29 is 28.3 Å². The van der Waals surface area contributed by atoms with Crippen molar-refractivity contribution in [1.29, 1.82) is 0 Å². The summed E-state index contributed by atoms with van der Waals surface area (Å²) in [7, 11) is 0. The maximum atomic E-state index is 15.1. The number of likely N-dealkylation sites (tertiary alicyclic amines) is 1. The number of pyridine rings is 1. The minimum absolute atomic E-state index is 0.0207. The number of H-pyrrole nitrogens is 1. The van der Waals surface area contributed by atoms with Gasteiger partial charge in [-0.15, -0.1) is 0 Å². The summed E-state index contributed by atoms with van der Waals surface area (Å²) < 4.78 is 20.6. The van der Waals surface area contributed by atoms with Gasteiger partial charge in [0.05, 0.1) is 66.2 Å². The molecule has 0 saturated carbocycles. The summed E-state index contributed by atoms with van der Waals surface area (Å²) in [6.45, 7) is 10.8. The molecule has 0 bridgehead atoms. The summed E-state index contributed by atoms with van der Waals surface area (Å²) in [5.41, 5.74) is 3.58. The van der Waals surface area contributed by atoms with Gasteiger partial charge in [0.15, 0.2) is 5.69 Å². The van der Waals surface area contributed by atoms with Crippen molar-refractivity contribution in [2.75, 3.05) is 122 Å². The zero-order valence-corrected chi connectivity index (χ0v) is 40.6. The van der Waals surface area contributed by atoms with Crippen molar-refractivity contribution in [1.82, 2.24) is 55.0 Å². The van der Waals surface area contributed by atoms with Crippen LogP contribution < -0.4 is 21.1 Å². The Bertz CT molecular complexity index is 2810. The average Bonchev–Trinajstić information content (AvgIpc) is 3.40. The first-order valence-electron chi connectivity index (χ1n) is 25.2. The third kappa shape index (κ3) is 11.3. The molecule has 5 aromatic rings. The lowest BCUT2D eigenvalue weighted by Crippen LogP contribution is -2.55. The van der Waals surface area contributed by atoms with E-state index < -0.39 is 11.7 Å². The van der Waals surface area contributed by atoms with E-state index in [1.807, 2.05) is 23.1 Å². The van der Waals surface area contributed by atoms with Gasteiger partial charge in [-0.25, -0.2) is 24.4 Å². The zero-order chi connectivity index (χ0) is 49.6. The van der Waals surface area contributed by atoms with Gasteiger partial charge in [-0.2, -0.15) is 5.10 Å². The van der Waals surface area contributed by atoms with Crippen LogP contribution >= 0.6 is 0 Å². The fourth-order valence-corrected chi connectivity index (χ4v) is 10.7. The fourth-order valence-electron chi connectivity index (χ4n) is 10.7. The van der Waals surface area contributed by atoms with Crippen molar-refractivity contribution in [2.45, 2.75) is 38.6 Å². The fraction of sp³-hybridized carbons (Fsp3) is 0.481. The summed E-state index contributed by atoms with van der Waals surface area (Å²) in [6, 6.07) is 15.3. The third-order valence-electron chi connectivity index (χ3n) is 15.2. The number of aromatic amines is 1. The van der Waals surface area contributed by atoms with Crippen molar-refractivity contribution in [3.63, 3.8) is 0 Å². The quantitative estimate of drug-likeness (QED) is 0.147. The van der Waals surface area contributed by atoms with E-state index in [-0.39, 0.29) is 46.5 Å². The zero-order valence-electron chi connectivity index (χ0n) is 40.6. The molecule has 5 fully saturated rings. The Hall–Kier alpha value is -6.74. The predicted molar refractivity (Wildman–Crippen MR) is 267 cm³/mol. The van der Waals surface area contributed by atoms with Crippen LogP contribution in [0.1, 0.15) is 63.5 Å².